The Kier molecular flexibility index (Phi) is 1.65. The first-order chi connectivity index (χ1) is 25.6. The summed E-state index contributed by atoms with van der Waals surface area (Å²) in [6.07, 6.45) is 0. The lowest BCUT2D eigenvalue weighted by Crippen LogP contribution is -2.10. The maximum Gasteiger partial charge on any atom is 0.136 e. The summed E-state index contributed by atoms with van der Waals surface area (Å²) in [5, 5.41) is -3.11. The Bertz CT molecular complexity index is 2830. The predicted octanol–water partition coefficient (Wildman–Crippen LogP) is 9.36. The monoisotopic (exact) mass is 456 g/mol. The van der Waals surface area contributed by atoms with Crippen molar-refractivity contribution in [2.75, 3.05) is 4.90 Å². The maximum absolute atomic E-state index is 9.56. The highest BCUT2D eigenvalue weighted by Crippen LogP contribution is 2.44. The normalized spacial score (nSPS) is 20.2. The molecule has 0 atom stereocenters. The van der Waals surface area contributed by atoms with Crippen LogP contribution in [0.1, 0.15) is 28.8 Å². The molecule has 7 aromatic rings. The van der Waals surface area contributed by atoms with E-state index in [0.717, 1.165) is 0 Å². The second kappa shape index (κ2) is 7.50. The third-order valence-corrected chi connectivity index (χ3v) is 5.13. The summed E-state index contributed by atoms with van der Waals surface area (Å²) in [4.78, 5) is 0.549. The largest absolute Gasteiger partial charge is 0.456 e. The summed E-state index contributed by atoms with van der Waals surface area (Å²) >= 11 is 0. The van der Waals surface area contributed by atoms with E-state index in [9.17, 15) is 4.11 Å². The molecule has 6 aromatic carbocycles. The SMILES string of the molecule is [2H]c1c([2H])c([2H])c(N(c2c([2H])c([2H])c([2H])c([2H])c2[2H])c2c([2H])c3c([2H])c([2H])c([2H])c([2H])c3c3c([2H])c4c(oc5c([2H])c([2H])c([2H])c([2H])c54)c([2H])c23)c([2H])c1[2H]. The number of furan rings is 1. The molecule has 34 heavy (non-hydrogen) atoms. The number of para-hydroxylation sites is 3. The minimum atomic E-state index is -1.01. The molecule has 1 heterocycles. The van der Waals surface area contributed by atoms with Crippen LogP contribution in [-0.4, -0.2) is 0 Å². The van der Waals surface area contributed by atoms with Crippen molar-refractivity contribution in [3.05, 3.63) is 127 Å². The number of nitrogens with zero attached hydrogens (tertiary/aromatic N) is 1. The van der Waals surface area contributed by atoms with Gasteiger partial charge in [0, 0.05) is 27.5 Å². The van der Waals surface area contributed by atoms with Gasteiger partial charge in [0.2, 0.25) is 0 Å². The van der Waals surface area contributed by atoms with Crippen molar-refractivity contribution in [2.45, 2.75) is 0 Å². The average molecular weight is 457 g/mol. The van der Waals surface area contributed by atoms with E-state index in [0.29, 0.717) is 4.90 Å². The van der Waals surface area contributed by atoms with Gasteiger partial charge in [-0.1, -0.05) is 78.6 Å². The number of rotatable bonds is 3. The standard InChI is InChI=1S/C32H21NO/c1-3-12-23(13-4-1)33(24-14-5-2-6-15-24)30-19-22-11-7-8-16-25(22)27-20-29-26-17-9-10-18-31(26)34-32(29)21-28(27)30/h1-21H/i1D,2D,3D,4D,5D,6D,7D,8D,9D,10D,11D,12D,13D,14D,15D,16D,17D,18D,19D,20D,21D. The first-order valence-corrected chi connectivity index (χ1v) is 9.83. The average Bonchev–Trinajstić information content (AvgIpc) is 3.57. The van der Waals surface area contributed by atoms with Crippen LogP contribution in [-0.2, 0) is 0 Å². The van der Waals surface area contributed by atoms with Gasteiger partial charge in [-0.2, -0.15) is 0 Å². The molecule has 7 rings (SSSR count). The van der Waals surface area contributed by atoms with Crippen LogP contribution in [0, 0.1) is 0 Å². The Balaban J connectivity index is 1.91. The van der Waals surface area contributed by atoms with E-state index >= 15 is 0 Å². The fourth-order valence-corrected chi connectivity index (χ4v) is 3.74. The smallest absolute Gasteiger partial charge is 0.136 e. The van der Waals surface area contributed by atoms with Gasteiger partial charge in [-0.15, -0.1) is 0 Å². The molecule has 0 radical (unpaired) electrons. The van der Waals surface area contributed by atoms with Crippen LogP contribution in [0.2, 0.25) is 0 Å². The zero-order valence-corrected chi connectivity index (χ0v) is 16.9. The molecule has 0 N–H and O–H groups in total. The molecular formula is C32H21NO. The Hall–Kier alpha value is -4.56. The topological polar surface area (TPSA) is 16.4 Å². The van der Waals surface area contributed by atoms with E-state index in [1.165, 1.54) is 0 Å². The van der Waals surface area contributed by atoms with Gasteiger partial charge in [0.1, 0.15) is 11.2 Å². The summed E-state index contributed by atoms with van der Waals surface area (Å²) < 4.78 is 188. The molecular weight excluding hydrogens is 414 g/mol. The lowest BCUT2D eigenvalue weighted by Gasteiger charge is -2.27. The molecule has 0 bridgehead atoms. The van der Waals surface area contributed by atoms with Crippen LogP contribution in [0.25, 0.3) is 43.5 Å². The molecule has 0 unspecified atom stereocenters. The number of fused-ring (bicyclic) bond motifs is 6. The number of hydrogen-bond acceptors (Lipinski definition) is 2. The molecule has 0 fully saturated rings. The molecule has 0 amide bonds. The minimum absolute atomic E-state index is 0.361. The summed E-state index contributed by atoms with van der Waals surface area (Å²) in [7, 11) is 0. The zero-order chi connectivity index (χ0) is 40.8. The molecule has 2 heteroatoms. The van der Waals surface area contributed by atoms with Crippen molar-refractivity contribution in [2.24, 2.45) is 0 Å². The second-order valence-electron chi connectivity index (χ2n) is 7.02. The third-order valence-electron chi connectivity index (χ3n) is 5.13. The molecule has 1 aromatic heterocycles. The first-order valence-electron chi connectivity index (χ1n) is 20.3. The zero-order valence-electron chi connectivity index (χ0n) is 37.9. The maximum atomic E-state index is 9.56. The van der Waals surface area contributed by atoms with Gasteiger partial charge in [0.25, 0.3) is 0 Å². The highest BCUT2D eigenvalue weighted by Gasteiger charge is 2.19. The van der Waals surface area contributed by atoms with Crippen molar-refractivity contribution in [1.29, 1.82) is 0 Å². The van der Waals surface area contributed by atoms with E-state index < -0.39 is 182 Å². The number of benzene rings is 6. The van der Waals surface area contributed by atoms with E-state index in [1.807, 2.05) is 0 Å². The van der Waals surface area contributed by atoms with Gasteiger partial charge in [0.15, 0.2) is 0 Å². The van der Waals surface area contributed by atoms with Gasteiger partial charge in [-0.3, -0.25) is 0 Å². The summed E-state index contributed by atoms with van der Waals surface area (Å²) in [5.41, 5.74) is -3.68. The van der Waals surface area contributed by atoms with Crippen molar-refractivity contribution < 1.29 is 33.2 Å². The fraction of sp³-hybridized carbons (Fsp3) is 0. The quantitative estimate of drug-likeness (QED) is 0.246. The Labute approximate surface area is 226 Å². The van der Waals surface area contributed by atoms with E-state index in [1.54, 1.807) is 0 Å². The second-order valence-corrected chi connectivity index (χ2v) is 7.02. The highest BCUT2D eigenvalue weighted by molar-refractivity contribution is 6.20. The van der Waals surface area contributed by atoms with Gasteiger partial charge in [-0.05, 0) is 64.5 Å². The molecule has 160 valence electrons. The van der Waals surface area contributed by atoms with Crippen LogP contribution in [0.5, 0.6) is 0 Å². The molecule has 0 saturated carbocycles. The van der Waals surface area contributed by atoms with Crippen molar-refractivity contribution in [3.63, 3.8) is 0 Å². The van der Waals surface area contributed by atoms with Gasteiger partial charge in [0.05, 0.1) is 34.5 Å². The van der Waals surface area contributed by atoms with E-state index in [-0.39, 0.29) is 5.39 Å². The number of anilines is 3. The minimum Gasteiger partial charge on any atom is -0.456 e. The van der Waals surface area contributed by atoms with Gasteiger partial charge in [-0.25, -0.2) is 0 Å². The predicted molar refractivity (Wildman–Crippen MR) is 143 cm³/mol. The van der Waals surface area contributed by atoms with Crippen LogP contribution in [0.4, 0.5) is 17.1 Å². The van der Waals surface area contributed by atoms with Crippen molar-refractivity contribution >= 4 is 60.5 Å². The first kappa shape index (κ1) is 7.48. The Morgan fingerprint density at radius 3 is 1.82 bits per heavy atom. The third kappa shape index (κ3) is 2.89. The van der Waals surface area contributed by atoms with Crippen LogP contribution < -0.4 is 4.90 Å². The Morgan fingerprint density at radius 1 is 0.471 bits per heavy atom. The number of hydrogen-bond donors (Lipinski definition) is 0. The van der Waals surface area contributed by atoms with Crippen molar-refractivity contribution in [1.82, 2.24) is 0 Å². The molecule has 2 nitrogen and oxygen atoms in total. The van der Waals surface area contributed by atoms with Crippen LogP contribution >= 0.6 is 0 Å². The molecule has 0 spiro atoms. The van der Waals surface area contributed by atoms with Gasteiger partial charge < -0.3 is 9.32 Å². The fourth-order valence-electron chi connectivity index (χ4n) is 3.74. The van der Waals surface area contributed by atoms with Crippen LogP contribution in [0.3, 0.4) is 0 Å². The molecule has 0 aliphatic heterocycles. The summed E-state index contributed by atoms with van der Waals surface area (Å²) in [6.45, 7) is 0. The van der Waals surface area contributed by atoms with Crippen LogP contribution in [0.15, 0.2) is 131 Å². The molecule has 0 aliphatic carbocycles. The van der Waals surface area contributed by atoms with E-state index in [4.69, 9.17) is 29.1 Å². The lowest BCUT2D eigenvalue weighted by molar-refractivity contribution is 0.669. The molecule has 0 saturated heterocycles. The van der Waals surface area contributed by atoms with E-state index in [2.05, 4.69) is 0 Å². The van der Waals surface area contributed by atoms with Gasteiger partial charge >= 0.3 is 0 Å². The Morgan fingerprint density at radius 2 is 1.09 bits per heavy atom. The molecule has 0 aliphatic rings. The summed E-state index contributed by atoms with van der Waals surface area (Å²) in [6, 6.07) is -18.3. The summed E-state index contributed by atoms with van der Waals surface area (Å²) in [5.74, 6) is 0. The lowest BCUT2D eigenvalue weighted by atomic mass is 9.97. The highest BCUT2D eigenvalue weighted by atomic mass is 16.3. The van der Waals surface area contributed by atoms with Crippen molar-refractivity contribution in [3.8, 4) is 0 Å².